The van der Waals surface area contributed by atoms with Gasteiger partial charge in [-0.05, 0) is 6.07 Å². The maximum absolute atomic E-state index is 11.4. The van der Waals surface area contributed by atoms with Crippen LogP contribution in [0.2, 0.25) is 0 Å². The van der Waals surface area contributed by atoms with Gasteiger partial charge in [-0.1, -0.05) is 0 Å². The number of amides is 1. The number of carbonyl (C=O) groups excluding carboxylic acids is 1. The third kappa shape index (κ3) is 2.49. The van der Waals surface area contributed by atoms with E-state index < -0.39 is 0 Å². The number of hydrogen-bond acceptors (Lipinski definition) is 4. The fourth-order valence-corrected chi connectivity index (χ4v) is 1.54. The van der Waals surface area contributed by atoms with Crippen LogP contribution in [0.1, 0.15) is 16.8 Å². The first kappa shape index (κ1) is 10.9. The van der Waals surface area contributed by atoms with E-state index in [1.165, 1.54) is 0 Å². The second-order valence-corrected chi connectivity index (χ2v) is 3.57. The lowest BCUT2D eigenvalue weighted by Crippen LogP contribution is -2.19. The topological polar surface area (TPSA) is 60.5 Å². The molecule has 0 radical (unpaired) electrons. The lowest BCUT2D eigenvalue weighted by atomic mass is 10.2. The summed E-state index contributed by atoms with van der Waals surface area (Å²) in [4.78, 5) is 15.4. The van der Waals surface area contributed by atoms with Gasteiger partial charge in [0.1, 0.15) is 6.10 Å². The number of ether oxygens (including phenoxy) is 2. The van der Waals surface area contributed by atoms with Gasteiger partial charge in [0, 0.05) is 31.3 Å². The molecule has 1 aliphatic heterocycles. The van der Waals surface area contributed by atoms with Crippen molar-refractivity contribution in [2.75, 3.05) is 20.3 Å². The van der Waals surface area contributed by atoms with Crippen LogP contribution in [0.25, 0.3) is 0 Å². The summed E-state index contributed by atoms with van der Waals surface area (Å²) in [6.07, 6.45) is 2.48. The molecular formula is C11H14N2O3. The fraction of sp³-hybridized carbons (Fsp3) is 0.455. The Morgan fingerprint density at radius 3 is 3.25 bits per heavy atom. The van der Waals surface area contributed by atoms with E-state index in [9.17, 15) is 4.79 Å². The predicted octanol–water partition coefficient (Wildman–Crippen LogP) is 0.609. The fourth-order valence-electron chi connectivity index (χ4n) is 1.54. The van der Waals surface area contributed by atoms with Crippen molar-refractivity contribution >= 4 is 5.91 Å². The Morgan fingerprint density at radius 1 is 1.69 bits per heavy atom. The lowest BCUT2D eigenvalue weighted by molar-refractivity contribution is 0.0961. The molecule has 1 atom stereocenters. The highest BCUT2D eigenvalue weighted by Gasteiger charge is 2.18. The van der Waals surface area contributed by atoms with Crippen LogP contribution < -0.4 is 10.1 Å². The summed E-state index contributed by atoms with van der Waals surface area (Å²) < 4.78 is 10.8. The molecule has 0 aliphatic carbocycles. The molecule has 1 aromatic heterocycles. The number of nitrogens with one attached hydrogen (secondary N) is 1. The first-order valence-corrected chi connectivity index (χ1v) is 5.22. The van der Waals surface area contributed by atoms with Crippen LogP contribution >= 0.6 is 0 Å². The largest absolute Gasteiger partial charge is 0.472 e. The van der Waals surface area contributed by atoms with Gasteiger partial charge in [0.15, 0.2) is 0 Å². The van der Waals surface area contributed by atoms with Crippen molar-refractivity contribution in [2.45, 2.75) is 12.5 Å². The molecule has 1 saturated heterocycles. The summed E-state index contributed by atoms with van der Waals surface area (Å²) in [7, 11) is 1.59. The molecule has 86 valence electrons. The van der Waals surface area contributed by atoms with Crippen LogP contribution in [0.5, 0.6) is 5.88 Å². The number of carbonyl (C=O) groups is 1. The monoisotopic (exact) mass is 222 g/mol. The number of pyridine rings is 1. The zero-order chi connectivity index (χ0) is 11.4. The van der Waals surface area contributed by atoms with Crippen LogP contribution in [0.3, 0.4) is 0 Å². The Balaban J connectivity index is 2.06. The molecule has 0 spiro atoms. The van der Waals surface area contributed by atoms with Crippen molar-refractivity contribution in [1.29, 1.82) is 0 Å². The molecule has 5 heteroatoms. The van der Waals surface area contributed by atoms with Crippen molar-refractivity contribution in [3.05, 3.63) is 23.9 Å². The van der Waals surface area contributed by atoms with Crippen molar-refractivity contribution in [1.82, 2.24) is 10.3 Å². The van der Waals surface area contributed by atoms with Gasteiger partial charge >= 0.3 is 0 Å². The summed E-state index contributed by atoms with van der Waals surface area (Å²) >= 11 is 0. The van der Waals surface area contributed by atoms with Gasteiger partial charge < -0.3 is 14.8 Å². The first-order valence-electron chi connectivity index (χ1n) is 5.22. The van der Waals surface area contributed by atoms with E-state index in [1.54, 1.807) is 25.4 Å². The van der Waals surface area contributed by atoms with E-state index >= 15 is 0 Å². The second-order valence-electron chi connectivity index (χ2n) is 3.57. The Labute approximate surface area is 93.8 Å². The number of nitrogens with zero attached hydrogens (tertiary/aromatic N) is 1. The maximum Gasteiger partial charge on any atom is 0.251 e. The van der Waals surface area contributed by atoms with Gasteiger partial charge in [0.25, 0.3) is 5.91 Å². The summed E-state index contributed by atoms with van der Waals surface area (Å²) in [5, 5.41) is 2.56. The highest BCUT2D eigenvalue weighted by molar-refractivity contribution is 5.94. The van der Waals surface area contributed by atoms with Crippen molar-refractivity contribution in [2.24, 2.45) is 0 Å². The standard InChI is InChI=1S/C11H14N2O3/c1-12-11(14)8-2-4-13-10(6-8)16-9-3-5-15-7-9/h2,4,6,9H,3,5,7H2,1H3,(H,12,14)/t9-/m1/s1. The van der Waals surface area contributed by atoms with E-state index in [0.29, 0.717) is 18.1 Å². The van der Waals surface area contributed by atoms with Gasteiger partial charge in [-0.2, -0.15) is 0 Å². The van der Waals surface area contributed by atoms with Crippen molar-refractivity contribution < 1.29 is 14.3 Å². The van der Waals surface area contributed by atoms with Gasteiger partial charge in [-0.3, -0.25) is 4.79 Å². The Bertz CT molecular complexity index is 375. The molecule has 16 heavy (non-hydrogen) atoms. The van der Waals surface area contributed by atoms with Gasteiger partial charge in [0.05, 0.1) is 13.2 Å². The quantitative estimate of drug-likeness (QED) is 0.814. The normalized spacial score (nSPS) is 19.4. The zero-order valence-electron chi connectivity index (χ0n) is 9.10. The Hall–Kier alpha value is -1.62. The molecule has 1 aliphatic rings. The van der Waals surface area contributed by atoms with Gasteiger partial charge in [-0.25, -0.2) is 4.98 Å². The summed E-state index contributed by atoms with van der Waals surface area (Å²) in [5.41, 5.74) is 0.548. The van der Waals surface area contributed by atoms with E-state index in [1.807, 2.05) is 0 Å². The minimum absolute atomic E-state index is 0.0486. The third-order valence-electron chi connectivity index (χ3n) is 2.40. The predicted molar refractivity (Wildman–Crippen MR) is 57.5 cm³/mol. The highest BCUT2D eigenvalue weighted by Crippen LogP contribution is 2.15. The molecule has 0 aromatic carbocycles. The van der Waals surface area contributed by atoms with Crippen LogP contribution in [0, 0.1) is 0 Å². The smallest absolute Gasteiger partial charge is 0.251 e. The maximum atomic E-state index is 11.4. The highest BCUT2D eigenvalue weighted by atomic mass is 16.5. The second kappa shape index (κ2) is 4.94. The van der Waals surface area contributed by atoms with Crippen LogP contribution in [0.4, 0.5) is 0 Å². The van der Waals surface area contributed by atoms with Crippen molar-refractivity contribution in [3.63, 3.8) is 0 Å². The van der Waals surface area contributed by atoms with Gasteiger partial charge in [0.2, 0.25) is 5.88 Å². The zero-order valence-corrected chi connectivity index (χ0v) is 9.10. The third-order valence-corrected chi connectivity index (χ3v) is 2.40. The Kier molecular flexibility index (Phi) is 3.36. The summed E-state index contributed by atoms with van der Waals surface area (Å²) in [5.74, 6) is 0.325. The minimum atomic E-state index is -0.144. The van der Waals surface area contributed by atoms with Crippen LogP contribution in [-0.2, 0) is 4.74 Å². The summed E-state index contributed by atoms with van der Waals surface area (Å²) in [6.45, 7) is 1.31. The molecule has 2 heterocycles. The average molecular weight is 222 g/mol. The number of aromatic nitrogens is 1. The van der Waals surface area contributed by atoms with Crippen LogP contribution in [-0.4, -0.2) is 37.3 Å². The van der Waals surface area contributed by atoms with E-state index in [-0.39, 0.29) is 12.0 Å². The molecule has 1 amide bonds. The average Bonchev–Trinajstić information content (AvgIpc) is 2.81. The minimum Gasteiger partial charge on any atom is -0.472 e. The first-order chi connectivity index (χ1) is 7.79. The number of hydrogen-bond donors (Lipinski definition) is 1. The molecule has 2 rings (SSSR count). The number of rotatable bonds is 3. The van der Waals surface area contributed by atoms with E-state index in [4.69, 9.17) is 9.47 Å². The molecule has 1 aromatic rings. The van der Waals surface area contributed by atoms with E-state index in [0.717, 1.165) is 13.0 Å². The molecule has 5 nitrogen and oxygen atoms in total. The molecule has 0 unspecified atom stereocenters. The molecule has 1 N–H and O–H groups in total. The SMILES string of the molecule is CNC(=O)c1ccnc(O[C@@H]2CCOC2)c1. The molecule has 1 fully saturated rings. The molecule has 0 saturated carbocycles. The van der Waals surface area contributed by atoms with E-state index in [2.05, 4.69) is 10.3 Å². The van der Waals surface area contributed by atoms with Crippen molar-refractivity contribution in [3.8, 4) is 5.88 Å². The summed E-state index contributed by atoms with van der Waals surface area (Å²) in [6, 6.07) is 3.29. The molecular weight excluding hydrogens is 208 g/mol. The lowest BCUT2D eigenvalue weighted by Gasteiger charge is -2.11. The van der Waals surface area contributed by atoms with Gasteiger partial charge in [-0.15, -0.1) is 0 Å². The van der Waals surface area contributed by atoms with Crippen LogP contribution in [0.15, 0.2) is 18.3 Å². The molecule has 0 bridgehead atoms. The Morgan fingerprint density at radius 2 is 2.56 bits per heavy atom.